The zero-order valence-electron chi connectivity index (χ0n) is 12.5. The maximum absolute atomic E-state index is 4.65. The van der Waals surface area contributed by atoms with Crippen LogP contribution >= 0.6 is 0 Å². The number of likely N-dealkylation sites (N-methyl/N-ethyl adjacent to an activating group) is 1. The average Bonchev–Trinajstić information content (AvgIpc) is 2.72. The Balaban J connectivity index is 2.39. The first-order valence-electron chi connectivity index (χ1n) is 6.78. The fourth-order valence-corrected chi connectivity index (χ4v) is 2.36. The van der Waals surface area contributed by atoms with Crippen LogP contribution in [0.2, 0.25) is 0 Å². The highest BCUT2D eigenvalue weighted by atomic mass is 15.3. The van der Waals surface area contributed by atoms with Crippen LogP contribution < -0.4 is 5.32 Å². The fraction of sp³-hybridized carbons (Fsp3) is 0.438. The second-order valence-electron chi connectivity index (χ2n) is 5.25. The number of benzene rings is 1. The van der Waals surface area contributed by atoms with E-state index in [1.54, 1.807) is 0 Å². The summed E-state index contributed by atoms with van der Waals surface area (Å²) in [5, 5.41) is 7.83. The summed E-state index contributed by atoms with van der Waals surface area (Å²) in [5.74, 6) is 0. The van der Waals surface area contributed by atoms with Crippen LogP contribution in [-0.4, -0.2) is 23.4 Å². The molecule has 0 spiro atoms. The van der Waals surface area contributed by atoms with Gasteiger partial charge in [0.1, 0.15) is 0 Å². The zero-order valence-corrected chi connectivity index (χ0v) is 12.5. The molecular weight excluding hydrogens is 234 g/mol. The SMILES string of the molecule is CNCCc1cc(-c2cc(C)c(C)cc2C)nn1C. The molecule has 3 nitrogen and oxygen atoms in total. The number of rotatable bonds is 4. The maximum atomic E-state index is 4.65. The van der Waals surface area contributed by atoms with Crippen molar-refractivity contribution in [1.29, 1.82) is 0 Å². The van der Waals surface area contributed by atoms with Gasteiger partial charge in [0.2, 0.25) is 0 Å². The molecule has 0 aliphatic heterocycles. The summed E-state index contributed by atoms with van der Waals surface area (Å²) >= 11 is 0. The standard InChI is InChI=1S/C16H23N3/c1-11-8-13(3)15(9-12(11)2)16-10-14(6-7-17-4)19(5)18-16/h8-10,17H,6-7H2,1-5H3. The quantitative estimate of drug-likeness (QED) is 0.912. The lowest BCUT2D eigenvalue weighted by atomic mass is 9.98. The minimum absolute atomic E-state index is 0.977. The summed E-state index contributed by atoms with van der Waals surface area (Å²) in [6.45, 7) is 7.45. The fourth-order valence-electron chi connectivity index (χ4n) is 2.36. The van der Waals surface area contributed by atoms with Crippen LogP contribution in [0.4, 0.5) is 0 Å². The van der Waals surface area contributed by atoms with Crippen molar-refractivity contribution in [3.8, 4) is 11.3 Å². The summed E-state index contributed by atoms with van der Waals surface area (Å²) in [6.07, 6.45) is 1.00. The maximum Gasteiger partial charge on any atom is 0.0928 e. The molecule has 0 aliphatic carbocycles. The summed E-state index contributed by atoms with van der Waals surface area (Å²) in [4.78, 5) is 0. The summed E-state index contributed by atoms with van der Waals surface area (Å²) in [7, 11) is 4.00. The average molecular weight is 257 g/mol. The number of hydrogen-bond donors (Lipinski definition) is 1. The van der Waals surface area contributed by atoms with Crippen molar-refractivity contribution in [2.45, 2.75) is 27.2 Å². The molecule has 2 aromatic rings. The van der Waals surface area contributed by atoms with Crippen molar-refractivity contribution in [3.63, 3.8) is 0 Å². The highest BCUT2D eigenvalue weighted by Crippen LogP contribution is 2.26. The first-order chi connectivity index (χ1) is 9.02. The third-order valence-electron chi connectivity index (χ3n) is 3.72. The molecule has 2 rings (SSSR count). The number of nitrogens with zero attached hydrogens (tertiary/aromatic N) is 2. The van der Waals surface area contributed by atoms with Gasteiger partial charge in [-0.05, 0) is 56.6 Å². The van der Waals surface area contributed by atoms with Gasteiger partial charge in [-0.3, -0.25) is 4.68 Å². The molecule has 1 N–H and O–H groups in total. The van der Waals surface area contributed by atoms with Crippen molar-refractivity contribution in [2.24, 2.45) is 7.05 Å². The molecule has 0 fully saturated rings. The number of aromatic nitrogens is 2. The second-order valence-corrected chi connectivity index (χ2v) is 5.25. The van der Waals surface area contributed by atoms with Gasteiger partial charge in [0, 0.05) is 31.3 Å². The van der Waals surface area contributed by atoms with E-state index in [0.717, 1.165) is 18.7 Å². The van der Waals surface area contributed by atoms with E-state index in [1.807, 2.05) is 18.8 Å². The van der Waals surface area contributed by atoms with E-state index in [1.165, 1.54) is 27.9 Å². The van der Waals surface area contributed by atoms with Crippen molar-refractivity contribution in [1.82, 2.24) is 15.1 Å². The zero-order chi connectivity index (χ0) is 14.0. The molecular formula is C16H23N3. The predicted octanol–water partition coefficient (Wildman–Crippen LogP) is 2.77. The van der Waals surface area contributed by atoms with Gasteiger partial charge in [-0.15, -0.1) is 0 Å². The highest BCUT2D eigenvalue weighted by Gasteiger charge is 2.10. The molecule has 3 heteroatoms. The van der Waals surface area contributed by atoms with E-state index in [2.05, 4.69) is 49.4 Å². The van der Waals surface area contributed by atoms with Crippen LogP contribution in [0.3, 0.4) is 0 Å². The Morgan fingerprint density at radius 3 is 2.42 bits per heavy atom. The minimum atomic E-state index is 0.977. The van der Waals surface area contributed by atoms with E-state index in [9.17, 15) is 0 Å². The normalized spacial score (nSPS) is 11.0. The first-order valence-corrected chi connectivity index (χ1v) is 6.78. The highest BCUT2D eigenvalue weighted by molar-refractivity contribution is 5.65. The lowest BCUT2D eigenvalue weighted by Crippen LogP contribution is -2.12. The smallest absolute Gasteiger partial charge is 0.0928 e. The molecule has 0 aliphatic rings. The molecule has 102 valence electrons. The molecule has 19 heavy (non-hydrogen) atoms. The van der Waals surface area contributed by atoms with Gasteiger partial charge in [0.25, 0.3) is 0 Å². The van der Waals surface area contributed by atoms with E-state index >= 15 is 0 Å². The molecule has 0 saturated heterocycles. The number of hydrogen-bond acceptors (Lipinski definition) is 2. The van der Waals surface area contributed by atoms with Crippen molar-refractivity contribution in [3.05, 3.63) is 40.6 Å². The van der Waals surface area contributed by atoms with Crippen LogP contribution in [0.15, 0.2) is 18.2 Å². The Hall–Kier alpha value is -1.61. The summed E-state index contributed by atoms with van der Waals surface area (Å²) in [5.41, 5.74) is 7.54. The van der Waals surface area contributed by atoms with Gasteiger partial charge in [0.15, 0.2) is 0 Å². The summed E-state index contributed by atoms with van der Waals surface area (Å²) in [6, 6.07) is 6.69. The van der Waals surface area contributed by atoms with E-state index in [4.69, 9.17) is 0 Å². The van der Waals surface area contributed by atoms with Gasteiger partial charge in [-0.25, -0.2) is 0 Å². The van der Waals surface area contributed by atoms with Gasteiger partial charge >= 0.3 is 0 Å². The van der Waals surface area contributed by atoms with Crippen molar-refractivity contribution in [2.75, 3.05) is 13.6 Å². The van der Waals surface area contributed by atoms with Gasteiger partial charge in [-0.2, -0.15) is 5.10 Å². The Morgan fingerprint density at radius 2 is 1.74 bits per heavy atom. The monoisotopic (exact) mass is 257 g/mol. The summed E-state index contributed by atoms with van der Waals surface area (Å²) < 4.78 is 1.99. The molecule has 0 amide bonds. The Kier molecular flexibility index (Phi) is 4.05. The molecule has 1 aromatic heterocycles. The molecule has 0 radical (unpaired) electrons. The Bertz CT molecular complexity index is 582. The van der Waals surface area contributed by atoms with Crippen molar-refractivity contribution < 1.29 is 0 Å². The number of aryl methyl sites for hydroxylation is 4. The van der Waals surface area contributed by atoms with Crippen LogP contribution in [0, 0.1) is 20.8 Å². The first kappa shape index (κ1) is 13.8. The molecule has 1 aromatic carbocycles. The molecule has 0 bridgehead atoms. The van der Waals surface area contributed by atoms with Crippen molar-refractivity contribution >= 4 is 0 Å². The van der Waals surface area contributed by atoms with E-state index in [-0.39, 0.29) is 0 Å². The van der Waals surface area contributed by atoms with Gasteiger partial charge in [-0.1, -0.05) is 6.07 Å². The predicted molar refractivity (Wildman–Crippen MR) is 80.5 cm³/mol. The Morgan fingerprint density at radius 1 is 1.05 bits per heavy atom. The third kappa shape index (κ3) is 2.87. The van der Waals surface area contributed by atoms with E-state index < -0.39 is 0 Å². The molecule has 0 unspecified atom stereocenters. The molecule has 1 heterocycles. The minimum Gasteiger partial charge on any atom is -0.319 e. The lowest BCUT2D eigenvalue weighted by Gasteiger charge is -2.07. The van der Waals surface area contributed by atoms with Crippen LogP contribution in [0.5, 0.6) is 0 Å². The second kappa shape index (κ2) is 5.57. The lowest BCUT2D eigenvalue weighted by molar-refractivity contribution is 0.682. The third-order valence-corrected chi connectivity index (χ3v) is 3.72. The Labute approximate surface area is 115 Å². The van der Waals surface area contributed by atoms with Crippen LogP contribution in [0.1, 0.15) is 22.4 Å². The largest absolute Gasteiger partial charge is 0.319 e. The van der Waals surface area contributed by atoms with Crippen LogP contribution in [-0.2, 0) is 13.5 Å². The van der Waals surface area contributed by atoms with Crippen LogP contribution in [0.25, 0.3) is 11.3 Å². The van der Waals surface area contributed by atoms with Gasteiger partial charge in [0.05, 0.1) is 5.69 Å². The topological polar surface area (TPSA) is 29.9 Å². The molecule has 0 saturated carbocycles. The van der Waals surface area contributed by atoms with Gasteiger partial charge < -0.3 is 5.32 Å². The molecule has 0 atom stereocenters. The number of nitrogens with one attached hydrogen (secondary N) is 1. The van der Waals surface area contributed by atoms with E-state index in [0.29, 0.717) is 0 Å².